The number of benzene rings is 3. The van der Waals surface area contributed by atoms with Crippen LogP contribution >= 0.6 is 23.2 Å². The number of halogens is 2. The maximum Gasteiger partial charge on any atom is 0.223 e. The molecule has 150 valence electrons. The number of amides is 1. The maximum atomic E-state index is 12.9. The van der Waals surface area contributed by atoms with Gasteiger partial charge in [-0.15, -0.1) is 0 Å². The highest BCUT2D eigenvalue weighted by molar-refractivity contribution is 6.35. The molecule has 0 bridgehead atoms. The Hall–Kier alpha value is -2.49. The monoisotopic (exact) mass is 427 g/mol. The molecule has 0 aliphatic carbocycles. The molecule has 0 spiro atoms. The van der Waals surface area contributed by atoms with Crippen LogP contribution in [0.2, 0.25) is 10.0 Å². The molecule has 3 nitrogen and oxygen atoms in total. The first-order chi connectivity index (χ1) is 14.1. The molecule has 3 rings (SSSR count). The largest absolute Gasteiger partial charge is 0.492 e. The second kappa shape index (κ2) is 10.9. The van der Waals surface area contributed by atoms with Gasteiger partial charge in [-0.25, -0.2) is 0 Å². The third-order valence-corrected chi connectivity index (χ3v) is 5.00. The number of carbonyl (C=O) groups excluding carboxylic acids is 1. The molecule has 0 aliphatic heterocycles. The molecule has 0 atom stereocenters. The van der Waals surface area contributed by atoms with Crippen molar-refractivity contribution in [3.8, 4) is 5.75 Å². The standard InChI is InChI=1S/C24H23Cl2NO2/c25-21-13-14-23(22(26)16-21)29-15-7-12-24(28)27(17-19-8-3-1-4-9-19)18-20-10-5-2-6-11-20/h1-6,8-11,13-14,16H,7,12,15,17-18H2. The van der Waals surface area contributed by atoms with E-state index in [4.69, 9.17) is 27.9 Å². The Morgan fingerprint density at radius 2 is 1.41 bits per heavy atom. The van der Waals surface area contributed by atoms with E-state index in [1.165, 1.54) is 0 Å². The van der Waals surface area contributed by atoms with Crippen LogP contribution in [0.15, 0.2) is 78.9 Å². The zero-order valence-electron chi connectivity index (χ0n) is 16.1. The first kappa shape index (κ1) is 21.2. The van der Waals surface area contributed by atoms with E-state index in [2.05, 4.69) is 0 Å². The summed E-state index contributed by atoms with van der Waals surface area (Å²) in [4.78, 5) is 14.8. The number of carbonyl (C=O) groups is 1. The molecule has 29 heavy (non-hydrogen) atoms. The van der Waals surface area contributed by atoms with Crippen molar-refractivity contribution in [2.24, 2.45) is 0 Å². The Kier molecular flexibility index (Phi) is 7.97. The normalized spacial score (nSPS) is 10.6. The van der Waals surface area contributed by atoms with Gasteiger partial charge < -0.3 is 9.64 Å². The molecule has 0 unspecified atom stereocenters. The van der Waals surface area contributed by atoms with E-state index < -0.39 is 0 Å². The molecule has 3 aromatic rings. The van der Waals surface area contributed by atoms with Crippen molar-refractivity contribution in [1.82, 2.24) is 4.90 Å². The summed E-state index contributed by atoms with van der Waals surface area (Å²) in [5.41, 5.74) is 2.22. The van der Waals surface area contributed by atoms with Crippen molar-refractivity contribution >= 4 is 29.1 Å². The van der Waals surface area contributed by atoms with Crippen LogP contribution in [0, 0.1) is 0 Å². The zero-order chi connectivity index (χ0) is 20.5. The molecule has 0 saturated heterocycles. The molecule has 1 amide bonds. The van der Waals surface area contributed by atoms with E-state index in [-0.39, 0.29) is 5.91 Å². The van der Waals surface area contributed by atoms with Crippen LogP contribution in [0.25, 0.3) is 0 Å². The molecule has 0 saturated carbocycles. The highest BCUT2D eigenvalue weighted by atomic mass is 35.5. The number of rotatable bonds is 9. The Morgan fingerprint density at radius 1 is 0.828 bits per heavy atom. The first-order valence-electron chi connectivity index (χ1n) is 9.55. The van der Waals surface area contributed by atoms with Gasteiger partial charge in [0, 0.05) is 24.5 Å². The topological polar surface area (TPSA) is 29.5 Å². The SMILES string of the molecule is O=C(CCCOc1ccc(Cl)cc1Cl)N(Cc1ccccc1)Cc1ccccc1. The van der Waals surface area contributed by atoms with Gasteiger partial charge in [-0.3, -0.25) is 4.79 Å². The van der Waals surface area contributed by atoms with Gasteiger partial charge in [-0.1, -0.05) is 83.9 Å². The third kappa shape index (κ3) is 6.81. The summed E-state index contributed by atoms with van der Waals surface area (Å²) < 4.78 is 5.70. The zero-order valence-corrected chi connectivity index (χ0v) is 17.6. The quantitative estimate of drug-likeness (QED) is 0.370. The fourth-order valence-corrected chi connectivity index (χ4v) is 3.46. The fraction of sp³-hybridized carbons (Fsp3) is 0.208. The summed E-state index contributed by atoms with van der Waals surface area (Å²) >= 11 is 12.0. The van der Waals surface area contributed by atoms with E-state index in [1.807, 2.05) is 65.6 Å². The Bertz CT molecular complexity index is 875. The van der Waals surface area contributed by atoms with E-state index in [9.17, 15) is 4.79 Å². The summed E-state index contributed by atoms with van der Waals surface area (Å²) in [7, 11) is 0. The second-order valence-corrected chi connectivity index (χ2v) is 7.59. The summed E-state index contributed by atoms with van der Waals surface area (Å²) in [6, 6.07) is 25.2. The van der Waals surface area contributed by atoms with Gasteiger partial charge in [0.25, 0.3) is 0 Å². The molecule has 5 heteroatoms. The lowest BCUT2D eigenvalue weighted by molar-refractivity contribution is -0.132. The Labute approximate surface area is 181 Å². The Balaban J connectivity index is 1.56. The van der Waals surface area contributed by atoms with Crippen LogP contribution in [-0.2, 0) is 17.9 Å². The summed E-state index contributed by atoms with van der Waals surface area (Å²) in [6.45, 7) is 1.58. The van der Waals surface area contributed by atoms with E-state index >= 15 is 0 Å². The summed E-state index contributed by atoms with van der Waals surface area (Å²) in [6.07, 6.45) is 1.02. The lowest BCUT2D eigenvalue weighted by atomic mass is 10.1. The fourth-order valence-electron chi connectivity index (χ4n) is 3.00. The van der Waals surface area contributed by atoms with Crippen molar-refractivity contribution in [2.45, 2.75) is 25.9 Å². The van der Waals surface area contributed by atoms with Gasteiger partial charge in [-0.05, 0) is 35.7 Å². The molecular weight excluding hydrogens is 405 g/mol. The number of nitrogens with zero attached hydrogens (tertiary/aromatic N) is 1. The van der Waals surface area contributed by atoms with Gasteiger partial charge in [0.1, 0.15) is 5.75 Å². The molecule has 3 aromatic carbocycles. The van der Waals surface area contributed by atoms with Gasteiger partial charge in [0.05, 0.1) is 11.6 Å². The van der Waals surface area contributed by atoms with Crippen LogP contribution in [-0.4, -0.2) is 17.4 Å². The third-order valence-electron chi connectivity index (χ3n) is 4.47. The van der Waals surface area contributed by atoms with E-state index in [0.29, 0.717) is 48.3 Å². The maximum absolute atomic E-state index is 12.9. The predicted octanol–water partition coefficient (Wildman–Crippen LogP) is 6.38. The van der Waals surface area contributed by atoms with Crippen LogP contribution in [0.5, 0.6) is 5.75 Å². The minimum atomic E-state index is 0.100. The van der Waals surface area contributed by atoms with Crippen LogP contribution in [0.4, 0.5) is 0 Å². The number of hydrogen-bond donors (Lipinski definition) is 0. The molecular formula is C24H23Cl2NO2. The van der Waals surface area contributed by atoms with Crippen molar-refractivity contribution < 1.29 is 9.53 Å². The number of hydrogen-bond acceptors (Lipinski definition) is 2. The lowest BCUT2D eigenvalue weighted by Crippen LogP contribution is -2.30. The van der Waals surface area contributed by atoms with E-state index in [0.717, 1.165) is 11.1 Å². The molecule has 0 N–H and O–H groups in total. The average molecular weight is 428 g/mol. The lowest BCUT2D eigenvalue weighted by Gasteiger charge is -2.23. The predicted molar refractivity (Wildman–Crippen MR) is 118 cm³/mol. The molecule has 0 aromatic heterocycles. The van der Waals surface area contributed by atoms with Gasteiger partial charge in [0.15, 0.2) is 0 Å². The molecule has 0 aliphatic rings. The Morgan fingerprint density at radius 3 is 1.97 bits per heavy atom. The van der Waals surface area contributed by atoms with Crippen LogP contribution in [0.1, 0.15) is 24.0 Å². The second-order valence-electron chi connectivity index (χ2n) is 6.75. The molecule has 0 fully saturated rings. The summed E-state index contributed by atoms with van der Waals surface area (Å²) in [5, 5.41) is 1.04. The van der Waals surface area contributed by atoms with Crippen molar-refractivity contribution in [3.05, 3.63) is 100 Å². The van der Waals surface area contributed by atoms with Gasteiger partial charge in [-0.2, -0.15) is 0 Å². The molecule has 0 radical (unpaired) electrons. The smallest absolute Gasteiger partial charge is 0.223 e. The summed E-state index contributed by atoms with van der Waals surface area (Å²) in [5.74, 6) is 0.678. The minimum absolute atomic E-state index is 0.100. The average Bonchev–Trinajstić information content (AvgIpc) is 2.73. The number of ether oxygens (including phenoxy) is 1. The van der Waals surface area contributed by atoms with Crippen molar-refractivity contribution in [2.75, 3.05) is 6.61 Å². The van der Waals surface area contributed by atoms with Crippen molar-refractivity contribution in [1.29, 1.82) is 0 Å². The van der Waals surface area contributed by atoms with Crippen LogP contribution < -0.4 is 4.74 Å². The minimum Gasteiger partial charge on any atom is -0.492 e. The van der Waals surface area contributed by atoms with Gasteiger partial charge in [0.2, 0.25) is 5.91 Å². The highest BCUT2D eigenvalue weighted by Crippen LogP contribution is 2.27. The van der Waals surface area contributed by atoms with Gasteiger partial charge >= 0.3 is 0 Å². The van der Waals surface area contributed by atoms with Crippen LogP contribution in [0.3, 0.4) is 0 Å². The van der Waals surface area contributed by atoms with E-state index in [1.54, 1.807) is 18.2 Å². The van der Waals surface area contributed by atoms with Crippen molar-refractivity contribution in [3.63, 3.8) is 0 Å². The highest BCUT2D eigenvalue weighted by Gasteiger charge is 2.15. The first-order valence-corrected chi connectivity index (χ1v) is 10.3. The molecule has 0 heterocycles.